The van der Waals surface area contributed by atoms with Gasteiger partial charge >= 0.3 is 5.97 Å². The largest absolute Gasteiger partial charge is 0.493 e. The molecular formula is C29H25ClN2O5. The maximum atomic E-state index is 12.8. The molecule has 0 aromatic heterocycles. The van der Waals surface area contributed by atoms with E-state index in [0.717, 1.165) is 11.1 Å². The Morgan fingerprint density at radius 1 is 1.08 bits per heavy atom. The molecule has 37 heavy (non-hydrogen) atoms. The SMILES string of the molecule is C=CCc1cc(/C=C(\C#N)C(=O)Nc2ccc(C(=O)OC)cc2)cc(OC)c1OCc1ccc(Cl)cc1. The van der Waals surface area contributed by atoms with Crippen molar-refractivity contribution in [2.75, 3.05) is 19.5 Å². The molecule has 0 saturated carbocycles. The quantitative estimate of drug-likeness (QED) is 0.154. The van der Waals surface area contributed by atoms with Crippen LogP contribution < -0.4 is 14.8 Å². The molecule has 0 spiro atoms. The molecule has 0 radical (unpaired) electrons. The summed E-state index contributed by atoms with van der Waals surface area (Å²) >= 11 is 5.96. The zero-order chi connectivity index (χ0) is 26.8. The van der Waals surface area contributed by atoms with Crippen molar-refractivity contribution in [1.29, 1.82) is 5.26 Å². The standard InChI is InChI=1S/C29H25ClN2O5/c1-4-5-22-14-20(16-26(35-2)27(22)37-18-19-6-10-24(30)11-7-19)15-23(17-31)28(33)32-25-12-8-21(9-13-25)29(34)36-3/h4,6-16H,1,5,18H2,2-3H3,(H,32,33)/b23-15+. The maximum absolute atomic E-state index is 12.8. The maximum Gasteiger partial charge on any atom is 0.337 e. The number of amides is 1. The van der Waals surface area contributed by atoms with Gasteiger partial charge in [0.25, 0.3) is 5.91 Å². The molecule has 188 valence electrons. The fourth-order valence-corrected chi connectivity index (χ4v) is 3.57. The third-order valence-electron chi connectivity index (χ3n) is 5.27. The van der Waals surface area contributed by atoms with Crippen LogP contribution in [0.4, 0.5) is 5.69 Å². The summed E-state index contributed by atoms with van der Waals surface area (Å²) in [5, 5.41) is 12.9. The Kier molecular flexibility index (Phi) is 9.48. The summed E-state index contributed by atoms with van der Waals surface area (Å²) < 4.78 is 16.3. The Balaban J connectivity index is 1.85. The van der Waals surface area contributed by atoms with Crippen molar-refractivity contribution >= 4 is 35.2 Å². The van der Waals surface area contributed by atoms with Crippen molar-refractivity contribution < 1.29 is 23.8 Å². The Bertz CT molecular complexity index is 1360. The predicted octanol–water partition coefficient (Wildman–Crippen LogP) is 5.99. The van der Waals surface area contributed by atoms with Crippen LogP contribution >= 0.6 is 11.6 Å². The number of allylic oxidation sites excluding steroid dienone is 1. The van der Waals surface area contributed by atoms with Crippen LogP contribution in [0.15, 0.2) is 78.9 Å². The van der Waals surface area contributed by atoms with E-state index in [1.54, 1.807) is 36.4 Å². The first-order chi connectivity index (χ1) is 17.9. The van der Waals surface area contributed by atoms with Crippen molar-refractivity contribution in [3.63, 3.8) is 0 Å². The fourth-order valence-electron chi connectivity index (χ4n) is 3.45. The zero-order valence-electron chi connectivity index (χ0n) is 20.4. The zero-order valence-corrected chi connectivity index (χ0v) is 21.2. The number of rotatable bonds is 10. The van der Waals surface area contributed by atoms with E-state index in [1.807, 2.05) is 24.3 Å². The smallest absolute Gasteiger partial charge is 0.337 e. The van der Waals surface area contributed by atoms with E-state index in [-0.39, 0.29) is 5.57 Å². The molecule has 0 unspecified atom stereocenters. The fraction of sp³-hybridized carbons (Fsp3) is 0.138. The lowest BCUT2D eigenvalue weighted by Gasteiger charge is -2.16. The second-order valence-electron chi connectivity index (χ2n) is 7.81. The molecule has 3 aromatic rings. The second kappa shape index (κ2) is 13.0. The molecule has 0 aliphatic rings. The highest BCUT2D eigenvalue weighted by Gasteiger charge is 2.15. The molecule has 0 aliphatic heterocycles. The molecule has 3 rings (SSSR count). The van der Waals surface area contributed by atoms with E-state index in [2.05, 4.69) is 16.6 Å². The number of esters is 1. The first-order valence-electron chi connectivity index (χ1n) is 11.2. The van der Waals surface area contributed by atoms with Crippen LogP contribution in [0.5, 0.6) is 11.5 Å². The summed E-state index contributed by atoms with van der Waals surface area (Å²) in [6.07, 6.45) is 3.68. The minimum Gasteiger partial charge on any atom is -0.493 e. The van der Waals surface area contributed by atoms with Crippen LogP contribution in [0, 0.1) is 11.3 Å². The first-order valence-corrected chi connectivity index (χ1v) is 11.6. The topological polar surface area (TPSA) is 97.7 Å². The van der Waals surface area contributed by atoms with E-state index >= 15 is 0 Å². The number of methoxy groups -OCH3 is 2. The molecular weight excluding hydrogens is 492 g/mol. The number of hydrogen-bond donors (Lipinski definition) is 1. The van der Waals surface area contributed by atoms with Gasteiger partial charge in [-0.05, 0) is 72.2 Å². The Hall–Kier alpha value is -4.54. The van der Waals surface area contributed by atoms with Crippen molar-refractivity contribution in [3.05, 3.63) is 106 Å². The number of hydrogen-bond acceptors (Lipinski definition) is 6. The van der Waals surface area contributed by atoms with Crippen LogP contribution in [0.3, 0.4) is 0 Å². The van der Waals surface area contributed by atoms with Gasteiger partial charge in [-0.2, -0.15) is 5.26 Å². The molecule has 0 atom stereocenters. The third-order valence-corrected chi connectivity index (χ3v) is 5.53. The Labute approximate surface area is 220 Å². The highest BCUT2D eigenvalue weighted by Crippen LogP contribution is 2.35. The molecule has 7 nitrogen and oxygen atoms in total. The number of nitrogens with one attached hydrogen (secondary N) is 1. The van der Waals surface area contributed by atoms with E-state index in [0.29, 0.717) is 46.4 Å². The Morgan fingerprint density at radius 2 is 1.78 bits per heavy atom. The van der Waals surface area contributed by atoms with Gasteiger partial charge in [-0.1, -0.05) is 29.8 Å². The third kappa shape index (κ3) is 7.23. The van der Waals surface area contributed by atoms with Gasteiger partial charge in [0.2, 0.25) is 0 Å². The van der Waals surface area contributed by atoms with Gasteiger partial charge in [-0.3, -0.25) is 4.79 Å². The second-order valence-corrected chi connectivity index (χ2v) is 8.25. The molecule has 1 amide bonds. The lowest BCUT2D eigenvalue weighted by molar-refractivity contribution is -0.112. The van der Waals surface area contributed by atoms with Crippen LogP contribution in [-0.4, -0.2) is 26.1 Å². The van der Waals surface area contributed by atoms with E-state index in [1.165, 1.54) is 32.4 Å². The molecule has 0 heterocycles. The minimum absolute atomic E-state index is 0.113. The summed E-state index contributed by atoms with van der Waals surface area (Å²) in [6.45, 7) is 4.11. The van der Waals surface area contributed by atoms with Crippen LogP contribution in [0.1, 0.15) is 27.0 Å². The van der Waals surface area contributed by atoms with Crippen molar-refractivity contribution in [2.24, 2.45) is 0 Å². The molecule has 1 N–H and O–H groups in total. The molecule has 0 bridgehead atoms. The molecule has 8 heteroatoms. The summed E-state index contributed by atoms with van der Waals surface area (Å²) in [4.78, 5) is 24.4. The van der Waals surface area contributed by atoms with Crippen molar-refractivity contribution in [2.45, 2.75) is 13.0 Å². The van der Waals surface area contributed by atoms with Gasteiger partial charge < -0.3 is 19.5 Å². The van der Waals surface area contributed by atoms with Crippen molar-refractivity contribution in [1.82, 2.24) is 0 Å². The normalized spacial score (nSPS) is 10.7. The highest BCUT2D eigenvalue weighted by atomic mass is 35.5. The molecule has 0 aliphatic carbocycles. The lowest BCUT2D eigenvalue weighted by atomic mass is 10.0. The van der Waals surface area contributed by atoms with Gasteiger partial charge in [-0.25, -0.2) is 4.79 Å². The van der Waals surface area contributed by atoms with Crippen LogP contribution in [0.2, 0.25) is 5.02 Å². The van der Waals surface area contributed by atoms with Crippen LogP contribution in [0.25, 0.3) is 6.08 Å². The van der Waals surface area contributed by atoms with E-state index in [4.69, 9.17) is 21.1 Å². The number of nitrogens with zero attached hydrogens (tertiary/aromatic N) is 1. The predicted molar refractivity (Wildman–Crippen MR) is 143 cm³/mol. The number of halogens is 1. The van der Waals surface area contributed by atoms with Crippen LogP contribution in [-0.2, 0) is 22.6 Å². The van der Waals surface area contributed by atoms with E-state index < -0.39 is 11.9 Å². The molecule has 0 fully saturated rings. The number of carbonyl (C=O) groups is 2. The number of anilines is 1. The monoisotopic (exact) mass is 516 g/mol. The lowest BCUT2D eigenvalue weighted by Crippen LogP contribution is -2.13. The van der Waals surface area contributed by atoms with E-state index in [9.17, 15) is 14.9 Å². The summed E-state index contributed by atoms with van der Waals surface area (Å²) in [7, 11) is 2.81. The van der Waals surface area contributed by atoms with Gasteiger partial charge in [0, 0.05) is 16.3 Å². The molecule has 0 saturated heterocycles. The number of nitriles is 1. The van der Waals surface area contributed by atoms with Gasteiger partial charge in [0.15, 0.2) is 11.5 Å². The number of carbonyl (C=O) groups excluding carboxylic acids is 2. The molecule has 3 aromatic carbocycles. The summed E-state index contributed by atoms with van der Waals surface area (Å²) in [5.41, 5.74) is 2.96. The average molecular weight is 517 g/mol. The van der Waals surface area contributed by atoms with Crippen molar-refractivity contribution in [3.8, 4) is 17.6 Å². The summed E-state index contributed by atoms with van der Waals surface area (Å²) in [5.74, 6) is -0.0835. The summed E-state index contributed by atoms with van der Waals surface area (Å²) in [6, 6.07) is 18.9. The Morgan fingerprint density at radius 3 is 2.38 bits per heavy atom. The van der Waals surface area contributed by atoms with Gasteiger partial charge in [-0.15, -0.1) is 6.58 Å². The van der Waals surface area contributed by atoms with Gasteiger partial charge in [0.1, 0.15) is 18.2 Å². The minimum atomic E-state index is -0.597. The first kappa shape index (κ1) is 27.1. The van der Waals surface area contributed by atoms with Gasteiger partial charge in [0.05, 0.1) is 19.8 Å². The number of benzene rings is 3. The highest BCUT2D eigenvalue weighted by molar-refractivity contribution is 6.30. The number of ether oxygens (including phenoxy) is 3. The average Bonchev–Trinajstić information content (AvgIpc) is 2.91.